The first-order valence-electron chi connectivity index (χ1n) is 10.3. The van der Waals surface area contributed by atoms with Crippen LogP contribution >= 0.6 is 12.4 Å². The van der Waals surface area contributed by atoms with Crippen LogP contribution in [0.1, 0.15) is 42.1 Å². The van der Waals surface area contributed by atoms with Gasteiger partial charge in [0.15, 0.2) is 5.78 Å². The zero-order valence-electron chi connectivity index (χ0n) is 17.5. The van der Waals surface area contributed by atoms with Crippen molar-refractivity contribution in [1.82, 2.24) is 4.90 Å². The van der Waals surface area contributed by atoms with Gasteiger partial charge in [0.2, 0.25) is 0 Å². The van der Waals surface area contributed by atoms with Crippen LogP contribution < -0.4 is 19.9 Å². The molecule has 162 valence electrons. The fourth-order valence-corrected chi connectivity index (χ4v) is 4.15. The number of benzene rings is 2. The largest absolute Gasteiger partial charge is 0.496 e. The number of rotatable bonds is 8. The van der Waals surface area contributed by atoms with Crippen LogP contribution in [0.25, 0.3) is 11.1 Å². The number of anilines is 1. The van der Waals surface area contributed by atoms with Crippen molar-refractivity contribution in [3.63, 3.8) is 0 Å². The normalized spacial score (nSPS) is 14.8. The van der Waals surface area contributed by atoms with Crippen LogP contribution in [0.2, 0.25) is 0 Å². The number of halogens is 1. The highest BCUT2D eigenvalue weighted by atomic mass is 35.5. The van der Waals surface area contributed by atoms with Gasteiger partial charge >= 0.3 is 0 Å². The lowest BCUT2D eigenvalue weighted by atomic mass is 10.0. The number of methoxy groups -OCH3 is 1. The molecule has 4 rings (SSSR count). The van der Waals surface area contributed by atoms with Crippen LogP contribution in [0.5, 0.6) is 17.2 Å². The Kier molecular flexibility index (Phi) is 7.10. The van der Waals surface area contributed by atoms with Crippen molar-refractivity contribution in [2.75, 3.05) is 45.7 Å². The Morgan fingerprint density at radius 3 is 2.43 bits per heavy atom. The Labute approximate surface area is 183 Å². The van der Waals surface area contributed by atoms with E-state index in [4.69, 9.17) is 19.9 Å². The summed E-state index contributed by atoms with van der Waals surface area (Å²) in [5.74, 6) is 1.63. The van der Waals surface area contributed by atoms with E-state index in [1.54, 1.807) is 13.2 Å². The summed E-state index contributed by atoms with van der Waals surface area (Å²) in [6, 6.07) is 7.34. The maximum absolute atomic E-state index is 13.2. The van der Waals surface area contributed by atoms with Gasteiger partial charge in [-0.3, -0.25) is 9.69 Å². The molecule has 1 aliphatic carbocycles. The lowest BCUT2D eigenvalue weighted by Gasteiger charge is -2.18. The summed E-state index contributed by atoms with van der Waals surface area (Å²) in [4.78, 5) is 15.6. The second kappa shape index (κ2) is 9.58. The maximum Gasteiger partial charge on any atom is 0.196 e. The maximum atomic E-state index is 13.2. The van der Waals surface area contributed by atoms with E-state index in [9.17, 15) is 4.79 Å². The third-order valence-electron chi connectivity index (χ3n) is 5.59. The van der Waals surface area contributed by atoms with Gasteiger partial charge in [-0.05, 0) is 38.4 Å². The molecule has 0 bridgehead atoms. The number of nitrogens with two attached hydrogens (primary N) is 1. The number of carbonyl (C=O) groups is 1. The first-order valence-corrected chi connectivity index (χ1v) is 10.3. The molecule has 0 saturated carbocycles. The number of fused-ring (bicyclic) bond motifs is 3. The SMILES string of the molecule is CCCOc1cc(OC)c2c(c1N)C(=O)c1cccc(OCCN3CCCC3)c1-2.Cl. The fourth-order valence-electron chi connectivity index (χ4n) is 4.15. The minimum atomic E-state index is -0.113. The molecule has 1 saturated heterocycles. The second-order valence-corrected chi connectivity index (χ2v) is 7.49. The number of carbonyl (C=O) groups excluding carboxylic acids is 1. The van der Waals surface area contributed by atoms with Gasteiger partial charge in [-0.25, -0.2) is 0 Å². The highest BCUT2D eigenvalue weighted by Gasteiger charge is 2.36. The van der Waals surface area contributed by atoms with Crippen molar-refractivity contribution < 1.29 is 19.0 Å². The number of likely N-dealkylation sites (tertiary alicyclic amines) is 1. The van der Waals surface area contributed by atoms with E-state index >= 15 is 0 Å². The Hall–Kier alpha value is -2.44. The third kappa shape index (κ3) is 3.94. The molecule has 2 aromatic carbocycles. The third-order valence-corrected chi connectivity index (χ3v) is 5.59. The monoisotopic (exact) mass is 432 g/mol. The minimum Gasteiger partial charge on any atom is -0.496 e. The molecular weight excluding hydrogens is 404 g/mol. The van der Waals surface area contributed by atoms with Gasteiger partial charge in [0.1, 0.15) is 23.9 Å². The van der Waals surface area contributed by atoms with Crippen molar-refractivity contribution in [3.05, 3.63) is 35.4 Å². The van der Waals surface area contributed by atoms with Crippen molar-refractivity contribution >= 4 is 23.9 Å². The lowest BCUT2D eigenvalue weighted by molar-refractivity contribution is 0.104. The molecule has 0 spiro atoms. The number of nitrogen functional groups attached to an aromatic ring is 1. The average Bonchev–Trinajstić information content (AvgIpc) is 3.35. The predicted octanol–water partition coefficient (Wildman–Crippen LogP) is 4.17. The number of ether oxygens (including phenoxy) is 3. The molecule has 2 N–H and O–H groups in total. The molecule has 6 nitrogen and oxygen atoms in total. The number of ketones is 1. The van der Waals surface area contributed by atoms with E-state index in [1.807, 2.05) is 25.1 Å². The van der Waals surface area contributed by atoms with Crippen molar-refractivity contribution in [3.8, 4) is 28.4 Å². The quantitative estimate of drug-likeness (QED) is 0.538. The standard InChI is InChI=1S/C23H28N2O4.ClH/c1-3-12-28-18-14-17(27-2)20-19-15(23(26)21(20)22(18)24)7-6-8-16(19)29-13-11-25-9-4-5-10-25;/h6-8,14H,3-5,9-13,24H2,1-2H3;1H. The Balaban J connectivity index is 0.00000256. The van der Waals surface area contributed by atoms with Gasteiger partial charge < -0.3 is 19.9 Å². The van der Waals surface area contributed by atoms with E-state index in [0.717, 1.165) is 31.6 Å². The van der Waals surface area contributed by atoms with Gasteiger partial charge in [-0.15, -0.1) is 12.4 Å². The zero-order valence-corrected chi connectivity index (χ0v) is 18.3. The highest BCUT2D eigenvalue weighted by molar-refractivity contribution is 6.26. The van der Waals surface area contributed by atoms with E-state index in [0.29, 0.717) is 52.8 Å². The summed E-state index contributed by atoms with van der Waals surface area (Å²) in [6.07, 6.45) is 3.35. The fraction of sp³-hybridized carbons (Fsp3) is 0.435. The molecule has 2 aliphatic rings. The van der Waals surface area contributed by atoms with Crippen LogP contribution in [-0.2, 0) is 0 Å². The van der Waals surface area contributed by atoms with Gasteiger partial charge in [0.05, 0.1) is 25.0 Å². The topological polar surface area (TPSA) is 74.0 Å². The smallest absolute Gasteiger partial charge is 0.196 e. The van der Waals surface area contributed by atoms with Crippen LogP contribution in [0, 0.1) is 0 Å². The van der Waals surface area contributed by atoms with Gasteiger partial charge in [-0.1, -0.05) is 19.1 Å². The molecule has 0 amide bonds. The number of nitrogens with zero attached hydrogens (tertiary/aromatic N) is 1. The molecular formula is C23H29ClN2O4. The molecule has 1 aliphatic heterocycles. The van der Waals surface area contributed by atoms with Crippen LogP contribution in [-0.4, -0.2) is 50.6 Å². The first-order chi connectivity index (χ1) is 14.2. The molecule has 0 aromatic heterocycles. The molecule has 30 heavy (non-hydrogen) atoms. The van der Waals surface area contributed by atoms with Crippen LogP contribution in [0.3, 0.4) is 0 Å². The number of hydrogen-bond acceptors (Lipinski definition) is 6. The van der Waals surface area contributed by atoms with Crippen molar-refractivity contribution in [2.24, 2.45) is 0 Å². The van der Waals surface area contributed by atoms with Gasteiger partial charge in [-0.2, -0.15) is 0 Å². The molecule has 2 aromatic rings. The zero-order chi connectivity index (χ0) is 20.4. The molecule has 0 unspecified atom stereocenters. The van der Waals surface area contributed by atoms with E-state index in [1.165, 1.54) is 12.8 Å². The first kappa shape index (κ1) is 22.2. The Morgan fingerprint density at radius 2 is 1.73 bits per heavy atom. The summed E-state index contributed by atoms with van der Waals surface area (Å²) in [7, 11) is 1.59. The van der Waals surface area contributed by atoms with Gasteiger partial charge in [0.25, 0.3) is 0 Å². The summed E-state index contributed by atoms with van der Waals surface area (Å²) < 4.78 is 17.5. The van der Waals surface area contributed by atoms with Crippen LogP contribution in [0.15, 0.2) is 24.3 Å². The molecule has 0 atom stereocenters. The average molecular weight is 433 g/mol. The van der Waals surface area contributed by atoms with E-state index in [2.05, 4.69) is 4.90 Å². The Morgan fingerprint density at radius 1 is 1.00 bits per heavy atom. The van der Waals surface area contributed by atoms with Crippen molar-refractivity contribution in [2.45, 2.75) is 26.2 Å². The molecule has 1 fully saturated rings. The summed E-state index contributed by atoms with van der Waals surface area (Å²) in [5, 5.41) is 0. The van der Waals surface area contributed by atoms with E-state index in [-0.39, 0.29) is 18.2 Å². The predicted molar refractivity (Wildman–Crippen MR) is 120 cm³/mol. The molecule has 0 radical (unpaired) electrons. The Bertz CT molecular complexity index is 926. The minimum absolute atomic E-state index is 0. The van der Waals surface area contributed by atoms with Crippen LogP contribution in [0.4, 0.5) is 5.69 Å². The molecule has 7 heteroatoms. The van der Waals surface area contributed by atoms with Crippen molar-refractivity contribution in [1.29, 1.82) is 0 Å². The summed E-state index contributed by atoms with van der Waals surface area (Å²) in [5.41, 5.74) is 9.21. The number of hydrogen-bond donors (Lipinski definition) is 1. The van der Waals surface area contributed by atoms with E-state index < -0.39 is 0 Å². The summed E-state index contributed by atoms with van der Waals surface area (Å²) in [6.45, 7) is 6.26. The summed E-state index contributed by atoms with van der Waals surface area (Å²) >= 11 is 0. The molecule has 1 heterocycles. The highest BCUT2D eigenvalue weighted by Crippen LogP contribution is 2.51. The lowest BCUT2D eigenvalue weighted by Crippen LogP contribution is -2.25. The second-order valence-electron chi connectivity index (χ2n) is 7.49. The van der Waals surface area contributed by atoms with Gasteiger partial charge in [0, 0.05) is 29.3 Å².